The summed E-state index contributed by atoms with van der Waals surface area (Å²) in [5, 5.41) is 8.64. The third kappa shape index (κ3) is 5.15. The Kier molecular flexibility index (Phi) is 7.04. The van der Waals surface area contributed by atoms with Crippen LogP contribution in [0.3, 0.4) is 0 Å². The van der Waals surface area contributed by atoms with Crippen molar-refractivity contribution in [3.05, 3.63) is 111 Å². The van der Waals surface area contributed by atoms with E-state index in [1.807, 2.05) is 30.3 Å². The minimum absolute atomic E-state index is 0.0779. The number of halogens is 1. The molecule has 0 radical (unpaired) electrons. The number of rotatable bonds is 7. The quantitative estimate of drug-likeness (QED) is 0.406. The highest BCUT2D eigenvalue weighted by Gasteiger charge is 2.23. The maximum absolute atomic E-state index is 13.4. The van der Waals surface area contributed by atoms with Crippen LogP contribution in [0.1, 0.15) is 34.1 Å². The van der Waals surface area contributed by atoms with Crippen molar-refractivity contribution in [3.63, 3.8) is 0 Å². The zero-order chi connectivity index (χ0) is 24.1. The number of fused-ring (bicyclic) bond motifs is 1. The largest absolute Gasteiger partial charge is 0.469 e. The molecule has 0 spiro atoms. The smallest absolute Gasteiger partial charge is 0.307 e. The summed E-state index contributed by atoms with van der Waals surface area (Å²) in [6, 6.07) is 22.4. The molecule has 0 aliphatic rings. The van der Waals surface area contributed by atoms with Crippen LogP contribution in [-0.2, 0) is 16.1 Å². The highest BCUT2D eigenvalue weighted by Crippen LogP contribution is 2.22. The molecule has 34 heavy (non-hydrogen) atoms. The number of ether oxygens (including phenoxy) is 1. The van der Waals surface area contributed by atoms with Gasteiger partial charge < -0.3 is 10.1 Å². The fourth-order valence-electron chi connectivity index (χ4n) is 3.69. The minimum atomic E-state index is -0.674. The summed E-state index contributed by atoms with van der Waals surface area (Å²) in [7, 11) is 1.29. The summed E-state index contributed by atoms with van der Waals surface area (Å²) in [4.78, 5) is 38.5. The van der Waals surface area contributed by atoms with Crippen molar-refractivity contribution >= 4 is 34.2 Å². The lowest BCUT2D eigenvalue weighted by Crippen LogP contribution is -2.34. The Bertz CT molecular complexity index is 1390. The summed E-state index contributed by atoms with van der Waals surface area (Å²) in [6.45, 7) is 0.216. The number of hydrogen-bond acceptors (Lipinski definition) is 5. The second-order valence-corrected chi connectivity index (χ2v) is 8.14. The maximum Gasteiger partial charge on any atom is 0.307 e. The molecule has 0 saturated carbocycles. The molecule has 0 aliphatic carbocycles. The molecule has 1 atom stereocenters. The van der Waals surface area contributed by atoms with Gasteiger partial charge in [0.1, 0.15) is 0 Å². The van der Waals surface area contributed by atoms with Crippen LogP contribution in [0.2, 0.25) is 5.02 Å². The van der Waals surface area contributed by atoms with Crippen LogP contribution >= 0.6 is 11.6 Å². The fraction of sp³-hybridized carbons (Fsp3) is 0.154. The number of carbonyl (C=O) groups is 2. The molecule has 3 aromatic carbocycles. The van der Waals surface area contributed by atoms with Gasteiger partial charge in [0.15, 0.2) is 5.69 Å². The number of nitrogens with one attached hydrogen (secondary N) is 1. The van der Waals surface area contributed by atoms with Gasteiger partial charge in [0.05, 0.1) is 31.5 Å². The van der Waals surface area contributed by atoms with Crippen molar-refractivity contribution in [1.29, 1.82) is 0 Å². The summed E-state index contributed by atoms with van der Waals surface area (Å²) in [5.41, 5.74) is 1.36. The molecule has 0 aliphatic heterocycles. The Hall–Kier alpha value is -3.97. The van der Waals surface area contributed by atoms with Gasteiger partial charge in [-0.3, -0.25) is 14.4 Å². The molecule has 0 saturated heterocycles. The van der Waals surface area contributed by atoms with E-state index in [4.69, 9.17) is 16.3 Å². The SMILES string of the molecule is COC(=O)CC(NC(=O)c1nn(Cc2ccccc2)c(=O)c2ccccc12)c1ccc(Cl)cc1. The zero-order valence-corrected chi connectivity index (χ0v) is 19.2. The standard InChI is InChI=1S/C26H22ClN3O4/c1-34-23(31)15-22(18-11-13-19(27)14-12-18)28-25(32)24-20-9-5-6-10-21(20)26(33)30(29-24)16-17-7-3-2-4-8-17/h2-14,22H,15-16H2,1H3,(H,28,32). The van der Waals surface area contributed by atoms with E-state index in [0.29, 0.717) is 21.4 Å². The molecule has 4 rings (SSSR count). The van der Waals surface area contributed by atoms with E-state index in [0.717, 1.165) is 5.56 Å². The number of amides is 1. The van der Waals surface area contributed by atoms with Gasteiger partial charge in [0.25, 0.3) is 11.5 Å². The molecule has 8 heteroatoms. The first-order valence-corrected chi connectivity index (χ1v) is 11.0. The Labute approximate surface area is 200 Å². The maximum atomic E-state index is 13.4. The highest BCUT2D eigenvalue weighted by molar-refractivity contribution is 6.30. The summed E-state index contributed by atoms with van der Waals surface area (Å²) in [6.07, 6.45) is -0.0779. The summed E-state index contributed by atoms with van der Waals surface area (Å²) < 4.78 is 6.09. The monoisotopic (exact) mass is 475 g/mol. The van der Waals surface area contributed by atoms with Gasteiger partial charge in [0, 0.05) is 10.4 Å². The van der Waals surface area contributed by atoms with E-state index in [9.17, 15) is 14.4 Å². The summed E-state index contributed by atoms with van der Waals surface area (Å²) >= 11 is 5.99. The van der Waals surface area contributed by atoms with Gasteiger partial charge in [-0.15, -0.1) is 0 Å². The Morgan fingerprint density at radius 2 is 1.62 bits per heavy atom. The zero-order valence-electron chi connectivity index (χ0n) is 18.4. The number of aromatic nitrogens is 2. The molecule has 1 unspecified atom stereocenters. The Morgan fingerprint density at radius 1 is 0.971 bits per heavy atom. The molecule has 1 heterocycles. The van der Waals surface area contributed by atoms with Crippen molar-refractivity contribution in [3.8, 4) is 0 Å². The molecule has 0 fully saturated rings. The van der Waals surface area contributed by atoms with Crippen LogP contribution in [0, 0.1) is 0 Å². The van der Waals surface area contributed by atoms with Crippen molar-refractivity contribution in [2.24, 2.45) is 0 Å². The number of methoxy groups -OCH3 is 1. The molecule has 4 aromatic rings. The van der Waals surface area contributed by atoms with Crippen LogP contribution in [0.25, 0.3) is 10.8 Å². The fourth-order valence-corrected chi connectivity index (χ4v) is 3.82. The van der Waals surface area contributed by atoms with Crippen LogP contribution in [-0.4, -0.2) is 28.8 Å². The number of benzene rings is 3. The van der Waals surface area contributed by atoms with E-state index >= 15 is 0 Å². The molecule has 7 nitrogen and oxygen atoms in total. The minimum Gasteiger partial charge on any atom is -0.469 e. The topological polar surface area (TPSA) is 90.3 Å². The normalized spacial score (nSPS) is 11.7. The van der Waals surface area contributed by atoms with Crippen molar-refractivity contribution in [2.75, 3.05) is 7.11 Å². The lowest BCUT2D eigenvalue weighted by Gasteiger charge is -2.19. The number of nitrogens with zero attached hydrogens (tertiary/aromatic N) is 2. The third-order valence-electron chi connectivity index (χ3n) is 5.43. The van der Waals surface area contributed by atoms with Gasteiger partial charge in [0.2, 0.25) is 0 Å². The Balaban J connectivity index is 1.74. The average molecular weight is 476 g/mol. The molecular weight excluding hydrogens is 454 g/mol. The van der Waals surface area contributed by atoms with E-state index in [2.05, 4.69) is 10.4 Å². The molecule has 1 N–H and O–H groups in total. The van der Waals surface area contributed by atoms with E-state index in [-0.39, 0.29) is 24.2 Å². The number of esters is 1. The first-order chi connectivity index (χ1) is 16.5. The van der Waals surface area contributed by atoms with Gasteiger partial charge in [-0.05, 0) is 29.3 Å². The molecule has 172 valence electrons. The molecular formula is C26H22ClN3O4. The van der Waals surface area contributed by atoms with Crippen molar-refractivity contribution in [1.82, 2.24) is 15.1 Å². The lowest BCUT2D eigenvalue weighted by molar-refractivity contribution is -0.141. The highest BCUT2D eigenvalue weighted by atomic mass is 35.5. The number of hydrogen-bond donors (Lipinski definition) is 1. The van der Waals surface area contributed by atoms with Crippen LogP contribution < -0.4 is 10.9 Å². The predicted octanol–water partition coefficient (Wildman–Crippen LogP) is 4.13. The van der Waals surface area contributed by atoms with Gasteiger partial charge in [-0.25, -0.2) is 4.68 Å². The average Bonchev–Trinajstić information content (AvgIpc) is 2.86. The van der Waals surface area contributed by atoms with Crippen LogP contribution in [0.4, 0.5) is 0 Å². The third-order valence-corrected chi connectivity index (χ3v) is 5.69. The van der Waals surface area contributed by atoms with E-state index < -0.39 is 17.9 Å². The van der Waals surface area contributed by atoms with Gasteiger partial charge in [-0.1, -0.05) is 72.3 Å². The summed E-state index contributed by atoms with van der Waals surface area (Å²) in [5.74, 6) is -0.992. The molecule has 1 amide bonds. The lowest BCUT2D eigenvalue weighted by atomic mass is 10.0. The van der Waals surface area contributed by atoms with Crippen LogP contribution in [0.5, 0.6) is 0 Å². The molecule has 1 aromatic heterocycles. The predicted molar refractivity (Wildman–Crippen MR) is 130 cm³/mol. The molecule has 0 bridgehead atoms. The second kappa shape index (κ2) is 10.3. The first kappa shape index (κ1) is 23.2. The first-order valence-electron chi connectivity index (χ1n) is 10.6. The Morgan fingerprint density at radius 3 is 2.29 bits per heavy atom. The number of carbonyl (C=O) groups excluding carboxylic acids is 2. The van der Waals surface area contributed by atoms with Crippen molar-refractivity contribution < 1.29 is 14.3 Å². The van der Waals surface area contributed by atoms with E-state index in [1.165, 1.54) is 11.8 Å². The van der Waals surface area contributed by atoms with Gasteiger partial charge in [-0.2, -0.15) is 5.10 Å². The second-order valence-electron chi connectivity index (χ2n) is 7.70. The van der Waals surface area contributed by atoms with Crippen LogP contribution in [0.15, 0.2) is 83.7 Å². The van der Waals surface area contributed by atoms with Gasteiger partial charge >= 0.3 is 5.97 Å². The van der Waals surface area contributed by atoms with E-state index in [1.54, 1.807) is 48.5 Å². The van der Waals surface area contributed by atoms with Crippen molar-refractivity contribution in [2.45, 2.75) is 19.0 Å².